The third-order valence-electron chi connectivity index (χ3n) is 5.34. The molecular formula is C19H21N7O2S. The number of rotatable bonds is 4. The highest BCUT2D eigenvalue weighted by Gasteiger charge is 2.24. The number of thiazole rings is 1. The van der Waals surface area contributed by atoms with E-state index in [0.717, 1.165) is 41.5 Å². The Labute approximate surface area is 170 Å². The molecule has 1 aliphatic heterocycles. The molecule has 4 aromatic heterocycles. The van der Waals surface area contributed by atoms with E-state index >= 15 is 0 Å². The van der Waals surface area contributed by atoms with Crippen molar-refractivity contribution >= 4 is 17.0 Å². The molecule has 5 heterocycles. The van der Waals surface area contributed by atoms with Crippen molar-refractivity contribution in [2.75, 3.05) is 20.1 Å². The lowest BCUT2D eigenvalue weighted by molar-refractivity contribution is 0.252. The Morgan fingerprint density at radius 1 is 1.28 bits per heavy atom. The van der Waals surface area contributed by atoms with E-state index in [1.807, 2.05) is 13.1 Å². The molecular weight excluding hydrogens is 390 g/mol. The van der Waals surface area contributed by atoms with E-state index in [0.29, 0.717) is 35.3 Å². The first-order valence-corrected chi connectivity index (χ1v) is 10.4. The van der Waals surface area contributed by atoms with Crippen molar-refractivity contribution < 1.29 is 4.42 Å². The van der Waals surface area contributed by atoms with Crippen LogP contribution in [0.15, 0.2) is 27.7 Å². The first-order chi connectivity index (χ1) is 14.1. The van der Waals surface area contributed by atoms with Gasteiger partial charge in [-0.25, -0.2) is 9.50 Å². The number of H-pyrrole nitrogens is 1. The Bertz CT molecular complexity index is 1210. The highest BCUT2D eigenvalue weighted by Crippen LogP contribution is 2.29. The standard InChI is InChI=1S/C19H21N7O2S/c1-11-9-20-17(29-11)8-16-23-24-19(28-16)13-10-21-26-14(7-15(27)22-18(13)26)12-3-5-25(2)6-4-12/h7,9-10,12H,3-6,8H2,1-2H3,(H,22,27). The van der Waals surface area contributed by atoms with Crippen LogP contribution in [0.25, 0.3) is 17.1 Å². The molecule has 0 atom stereocenters. The van der Waals surface area contributed by atoms with Gasteiger partial charge in [0, 0.05) is 23.1 Å². The summed E-state index contributed by atoms with van der Waals surface area (Å²) in [5.41, 5.74) is 2.00. The SMILES string of the molecule is Cc1cnc(Cc2nnc(-c3cnn4c(C5CCN(C)CC5)cc(=O)[nH]c34)o2)s1. The zero-order valence-corrected chi connectivity index (χ0v) is 17.1. The molecule has 1 fully saturated rings. The molecule has 0 saturated carbocycles. The number of hydrogen-bond donors (Lipinski definition) is 1. The third kappa shape index (κ3) is 3.49. The predicted molar refractivity (Wildman–Crippen MR) is 108 cm³/mol. The first kappa shape index (κ1) is 18.2. The summed E-state index contributed by atoms with van der Waals surface area (Å²) < 4.78 is 7.66. The Balaban J connectivity index is 1.49. The fourth-order valence-corrected chi connectivity index (χ4v) is 4.59. The Morgan fingerprint density at radius 3 is 2.86 bits per heavy atom. The van der Waals surface area contributed by atoms with E-state index in [1.54, 1.807) is 28.1 Å². The van der Waals surface area contributed by atoms with Crippen molar-refractivity contribution in [1.82, 2.24) is 34.7 Å². The first-order valence-electron chi connectivity index (χ1n) is 9.60. The average molecular weight is 411 g/mol. The second-order valence-electron chi connectivity index (χ2n) is 7.50. The van der Waals surface area contributed by atoms with Crippen LogP contribution in [0.4, 0.5) is 0 Å². The number of piperidine rings is 1. The molecule has 9 nitrogen and oxygen atoms in total. The van der Waals surface area contributed by atoms with Crippen molar-refractivity contribution in [3.63, 3.8) is 0 Å². The minimum atomic E-state index is -0.147. The maximum absolute atomic E-state index is 12.4. The number of nitrogens with one attached hydrogen (secondary N) is 1. The second kappa shape index (κ2) is 7.20. The van der Waals surface area contributed by atoms with Gasteiger partial charge in [0.05, 0.1) is 18.3 Å². The van der Waals surface area contributed by atoms with Crippen LogP contribution in [0.5, 0.6) is 0 Å². The minimum Gasteiger partial charge on any atom is -0.420 e. The van der Waals surface area contributed by atoms with Gasteiger partial charge in [0.15, 0.2) is 0 Å². The zero-order valence-electron chi connectivity index (χ0n) is 16.3. The van der Waals surface area contributed by atoms with Crippen molar-refractivity contribution in [2.24, 2.45) is 0 Å². The molecule has 4 aromatic rings. The zero-order chi connectivity index (χ0) is 20.0. The molecule has 5 rings (SSSR count). The van der Waals surface area contributed by atoms with Gasteiger partial charge in [-0.3, -0.25) is 4.79 Å². The summed E-state index contributed by atoms with van der Waals surface area (Å²) in [6.45, 7) is 4.03. The van der Waals surface area contributed by atoms with Gasteiger partial charge in [0.1, 0.15) is 16.2 Å². The van der Waals surface area contributed by atoms with Crippen LogP contribution in [0.1, 0.15) is 40.2 Å². The molecule has 0 amide bonds. The van der Waals surface area contributed by atoms with Crippen LogP contribution < -0.4 is 5.56 Å². The van der Waals surface area contributed by atoms with Crippen LogP contribution >= 0.6 is 11.3 Å². The third-order valence-corrected chi connectivity index (χ3v) is 6.25. The van der Waals surface area contributed by atoms with Crippen molar-refractivity contribution in [2.45, 2.75) is 32.1 Å². The molecule has 1 saturated heterocycles. The molecule has 0 radical (unpaired) electrons. The van der Waals surface area contributed by atoms with E-state index in [4.69, 9.17) is 4.42 Å². The van der Waals surface area contributed by atoms with Crippen molar-refractivity contribution in [1.29, 1.82) is 0 Å². The van der Waals surface area contributed by atoms with Gasteiger partial charge in [0.2, 0.25) is 5.89 Å². The van der Waals surface area contributed by atoms with Crippen molar-refractivity contribution in [3.05, 3.63) is 50.3 Å². The molecule has 1 aliphatic rings. The van der Waals surface area contributed by atoms with E-state index in [9.17, 15) is 4.79 Å². The molecule has 0 bridgehead atoms. The monoisotopic (exact) mass is 411 g/mol. The summed E-state index contributed by atoms with van der Waals surface area (Å²) in [6, 6.07) is 1.66. The lowest BCUT2D eigenvalue weighted by atomic mass is 9.93. The summed E-state index contributed by atoms with van der Waals surface area (Å²) in [6.07, 6.45) is 6.00. The number of likely N-dealkylation sites (tertiary alicyclic amines) is 1. The topological polar surface area (TPSA) is 105 Å². The molecule has 0 aliphatic carbocycles. The van der Waals surface area contributed by atoms with Crippen LogP contribution in [0.3, 0.4) is 0 Å². The van der Waals surface area contributed by atoms with Gasteiger partial charge in [-0.15, -0.1) is 21.5 Å². The van der Waals surface area contributed by atoms with Crippen LogP contribution in [0.2, 0.25) is 0 Å². The Hall–Kier alpha value is -2.85. The second-order valence-corrected chi connectivity index (χ2v) is 8.82. The largest absolute Gasteiger partial charge is 0.420 e. The molecule has 1 N–H and O–H groups in total. The number of aromatic nitrogens is 6. The van der Waals surface area contributed by atoms with Crippen molar-refractivity contribution in [3.8, 4) is 11.5 Å². The summed E-state index contributed by atoms with van der Waals surface area (Å²) in [4.78, 5) is 23.0. The van der Waals surface area contributed by atoms with Crippen LogP contribution in [-0.2, 0) is 6.42 Å². The molecule has 0 aromatic carbocycles. The van der Waals surface area contributed by atoms with E-state index in [-0.39, 0.29) is 5.56 Å². The highest BCUT2D eigenvalue weighted by molar-refractivity contribution is 7.11. The Morgan fingerprint density at radius 2 is 2.10 bits per heavy atom. The Kier molecular flexibility index (Phi) is 4.51. The molecule has 29 heavy (non-hydrogen) atoms. The maximum Gasteiger partial charge on any atom is 0.253 e. The molecule has 0 spiro atoms. The maximum atomic E-state index is 12.4. The quantitative estimate of drug-likeness (QED) is 0.549. The molecule has 150 valence electrons. The van der Waals surface area contributed by atoms with Crippen LogP contribution in [0, 0.1) is 6.92 Å². The van der Waals surface area contributed by atoms with Crippen LogP contribution in [-0.4, -0.2) is 54.8 Å². The van der Waals surface area contributed by atoms with E-state index in [1.165, 1.54) is 0 Å². The summed E-state index contributed by atoms with van der Waals surface area (Å²) in [5, 5.41) is 13.8. The van der Waals surface area contributed by atoms with Gasteiger partial charge in [-0.05, 0) is 39.9 Å². The molecule has 10 heteroatoms. The lowest BCUT2D eigenvalue weighted by Crippen LogP contribution is -2.30. The number of hydrogen-bond acceptors (Lipinski definition) is 8. The summed E-state index contributed by atoms with van der Waals surface area (Å²) in [7, 11) is 2.12. The summed E-state index contributed by atoms with van der Waals surface area (Å²) in [5.74, 6) is 1.14. The minimum absolute atomic E-state index is 0.147. The summed E-state index contributed by atoms with van der Waals surface area (Å²) >= 11 is 1.61. The lowest BCUT2D eigenvalue weighted by Gasteiger charge is -2.29. The fourth-order valence-electron chi connectivity index (χ4n) is 3.81. The van der Waals surface area contributed by atoms with E-state index < -0.39 is 0 Å². The predicted octanol–water partition coefficient (Wildman–Crippen LogP) is 2.24. The van der Waals surface area contributed by atoms with Gasteiger partial charge < -0.3 is 14.3 Å². The van der Waals surface area contributed by atoms with Gasteiger partial charge >= 0.3 is 0 Å². The smallest absolute Gasteiger partial charge is 0.253 e. The number of aromatic amines is 1. The number of aryl methyl sites for hydroxylation is 1. The van der Waals surface area contributed by atoms with E-state index in [2.05, 4.69) is 37.2 Å². The number of nitrogens with zero attached hydrogens (tertiary/aromatic N) is 6. The number of fused-ring (bicyclic) bond motifs is 1. The van der Waals surface area contributed by atoms with Gasteiger partial charge in [-0.1, -0.05) is 0 Å². The normalized spacial score (nSPS) is 16.1. The fraction of sp³-hybridized carbons (Fsp3) is 0.421. The molecule has 0 unspecified atom stereocenters. The van der Waals surface area contributed by atoms with Gasteiger partial charge in [0.25, 0.3) is 11.4 Å². The highest BCUT2D eigenvalue weighted by atomic mass is 32.1. The average Bonchev–Trinajstić information content (AvgIpc) is 3.42. The van der Waals surface area contributed by atoms with Gasteiger partial charge in [-0.2, -0.15) is 5.10 Å².